The third-order valence-corrected chi connectivity index (χ3v) is 13.5. The Bertz CT molecular complexity index is 2520. The highest BCUT2D eigenvalue weighted by Crippen LogP contribution is 2.37. The molecule has 1 fully saturated rings. The molecular weight excluding hydrogens is 827 g/mol. The molecule has 9 nitrogen and oxygen atoms in total. The van der Waals surface area contributed by atoms with Gasteiger partial charge < -0.3 is 25.0 Å². The monoisotopic (exact) mass is 892 g/mol. The Kier molecular flexibility index (Phi) is 14.7. The van der Waals surface area contributed by atoms with Crippen LogP contribution in [-0.4, -0.2) is 73.3 Å². The zero-order chi connectivity index (χ0) is 46.6. The number of anilines is 1. The fourth-order valence-electron chi connectivity index (χ4n) is 9.56. The van der Waals surface area contributed by atoms with Crippen LogP contribution >= 0.6 is 0 Å². The standard InChI is InChI=1S/C52H65F4N9/c1-10-57-35(4)16-15-34(3)50-44(53)26-39(27-45(50)54)19-22-64-23-20-42(21-24-64)52(55,56)32-62(8)38(7)40-17-18-46-49(29-40)65-31-33(2)13-11-12-14-48-43(30-58-63(48)9)47-28-41(25-36(5)59-47)37(6)60-51(65)61-46/h10,17-18,25-30,33-34,42,57H,1,4,6-7,11-16,19-24,31-32H2,2-3,5,8-9H3,(H,60,61)/t33-,34?/m1/s1. The zero-order valence-corrected chi connectivity index (χ0v) is 38.8. The number of allylic oxidation sites excluding steroid dienone is 1. The fraction of sp³-hybridized carbons (Fsp3) is 0.442. The van der Waals surface area contributed by atoms with Gasteiger partial charge >= 0.3 is 0 Å². The maximum absolute atomic E-state index is 16.1. The molecule has 2 bridgehead atoms. The Hall–Kier alpha value is -5.69. The predicted octanol–water partition coefficient (Wildman–Crippen LogP) is 11.5. The van der Waals surface area contributed by atoms with Gasteiger partial charge in [0.2, 0.25) is 5.95 Å². The second-order valence-corrected chi connectivity index (χ2v) is 18.5. The summed E-state index contributed by atoms with van der Waals surface area (Å²) in [6, 6.07) is 12.7. The Labute approximate surface area is 382 Å². The molecule has 0 saturated carbocycles. The highest BCUT2D eigenvalue weighted by molar-refractivity contribution is 5.85. The van der Waals surface area contributed by atoms with E-state index in [9.17, 15) is 0 Å². The van der Waals surface area contributed by atoms with Crippen molar-refractivity contribution >= 4 is 28.4 Å². The van der Waals surface area contributed by atoms with E-state index in [0.29, 0.717) is 87.1 Å². The summed E-state index contributed by atoms with van der Waals surface area (Å²) < 4.78 is 66.7. The highest BCUT2D eigenvalue weighted by Gasteiger charge is 2.42. The molecular formula is C52H65F4N9. The molecule has 5 heterocycles. The van der Waals surface area contributed by atoms with E-state index in [4.69, 9.17) is 9.97 Å². The largest absolute Gasteiger partial charge is 0.369 e. The van der Waals surface area contributed by atoms with Crippen molar-refractivity contribution in [1.29, 1.82) is 0 Å². The fourth-order valence-corrected chi connectivity index (χ4v) is 9.56. The number of pyridine rings is 1. The zero-order valence-electron chi connectivity index (χ0n) is 38.8. The summed E-state index contributed by atoms with van der Waals surface area (Å²) in [5, 5.41) is 11.0. The van der Waals surface area contributed by atoms with Gasteiger partial charge in [-0.2, -0.15) is 5.10 Å². The number of aromatic nitrogens is 5. The van der Waals surface area contributed by atoms with Crippen LogP contribution in [0.1, 0.15) is 98.4 Å². The van der Waals surface area contributed by atoms with Crippen LogP contribution in [-0.2, 0) is 26.4 Å². The van der Waals surface area contributed by atoms with Gasteiger partial charge in [-0.25, -0.2) is 22.5 Å². The van der Waals surface area contributed by atoms with Crippen LogP contribution in [0.5, 0.6) is 0 Å². The lowest BCUT2D eigenvalue weighted by atomic mass is 9.89. The number of hydrogen-bond donors (Lipinski definition) is 2. The first-order chi connectivity index (χ1) is 31.0. The Morgan fingerprint density at radius 3 is 2.51 bits per heavy atom. The average Bonchev–Trinajstić information content (AvgIpc) is 3.80. The van der Waals surface area contributed by atoms with Crippen molar-refractivity contribution in [2.24, 2.45) is 18.9 Å². The molecule has 1 unspecified atom stereocenters. The molecule has 2 aromatic carbocycles. The number of alkyl halides is 2. The van der Waals surface area contributed by atoms with E-state index < -0.39 is 30.0 Å². The first-order valence-electron chi connectivity index (χ1n) is 23.0. The molecule has 0 aliphatic carbocycles. The molecule has 0 radical (unpaired) electrons. The number of benzene rings is 2. The molecule has 5 aromatic rings. The molecule has 2 atom stereocenters. The van der Waals surface area contributed by atoms with E-state index in [1.165, 1.54) is 24.0 Å². The van der Waals surface area contributed by atoms with Crippen LogP contribution in [0.3, 0.4) is 0 Å². The van der Waals surface area contributed by atoms with Crippen molar-refractivity contribution in [2.45, 2.75) is 96.9 Å². The molecule has 346 valence electrons. The molecule has 2 aliphatic heterocycles. The van der Waals surface area contributed by atoms with Crippen molar-refractivity contribution < 1.29 is 17.6 Å². The first-order valence-corrected chi connectivity index (χ1v) is 23.0. The van der Waals surface area contributed by atoms with Crippen molar-refractivity contribution in [3.8, 4) is 11.3 Å². The van der Waals surface area contributed by atoms with Gasteiger partial charge in [-0.1, -0.05) is 52.7 Å². The molecule has 1 saturated heterocycles. The summed E-state index contributed by atoms with van der Waals surface area (Å²) in [4.78, 5) is 13.6. The minimum atomic E-state index is -2.96. The van der Waals surface area contributed by atoms with Gasteiger partial charge in [0, 0.05) is 78.3 Å². The van der Waals surface area contributed by atoms with Gasteiger partial charge in [0.1, 0.15) is 11.6 Å². The van der Waals surface area contributed by atoms with Gasteiger partial charge in [-0.3, -0.25) is 9.67 Å². The number of rotatable bonds is 14. The van der Waals surface area contributed by atoms with Gasteiger partial charge in [0.25, 0.3) is 5.92 Å². The highest BCUT2D eigenvalue weighted by atomic mass is 19.3. The van der Waals surface area contributed by atoms with E-state index in [2.05, 4.69) is 64.5 Å². The Balaban J connectivity index is 0.987. The number of aryl methyl sites for hydroxylation is 2. The SMILES string of the molecule is C=CNC(=C)CCC(C)c1c(F)cc(CCN2CCC(C(F)(F)CN(C)C(=C)c3ccc4nc5n(c4c3)C[C@H](C)CCCCc3c(cnn3C)-c3cc(cc(C)n3)C(=C)N5)CC2)cc1F. The number of nitrogens with zero attached hydrogens (tertiary/aromatic N) is 7. The number of nitrogens with one attached hydrogen (secondary N) is 2. The van der Waals surface area contributed by atoms with Crippen molar-refractivity contribution in [2.75, 3.05) is 38.5 Å². The van der Waals surface area contributed by atoms with Crippen molar-refractivity contribution in [3.63, 3.8) is 0 Å². The molecule has 65 heavy (non-hydrogen) atoms. The van der Waals surface area contributed by atoms with Crippen LogP contribution in [0.25, 0.3) is 33.7 Å². The van der Waals surface area contributed by atoms with Crippen LogP contribution in [0, 0.1) is 30.4 Å². The quantitative estimate of drug-likeness (QED) is 0.108. The third kappa shape index (κ3) is 11.1. The lowest BCUT2D eigenvalue weighted by molar-refractivity contribution is -0.0882. The molecule has 2 N–H and O–H groups in total. The molecule has 2 aliphatic rings. The second kappa shape index (κ2) is 20.2. The lowest BCUT2D eigenvalue weighted by Crippen LogP contribution is -2.45. The van der Waals surface area contributed by atoms with Crippen molar-refractivity contribution in [1.82, 2.24) is 39.4 Å². The minimum absolute atomic E-state index is 0.0781. The topological polar surface area (TPSA) is 79.1 Å². The summed E-state index contributed by atoms with van der Waals surface area (Å²) in [6.45, 7) is 24.0. The lowest BCUT2D eigenvalue weighted by Gasteiger charge is -2.38. The summed E-state index contributed by atoms with van der Waals surface area (Å²) in [5.41, 5.74) is 9.84. The summed E-state index contributed by atoms with van der Waals surface area (Å²) in [5.74, 6) is -4.20. The number of halogens is 4. The van der Waals surface area contributed by atoms with E-state index >= 15 is 17.6 Å². The number of likely N-dealkylation sites (tertiary alicyclic amines) is 1. The van der Waals surface area contributed by atoms with Gasteiger partial charge in [-0.15, -0.1) is 0 Å². The minimum Gasteiger partial charge on any atom is -0.369 e. The predicted molar refractivity (Wildman–Crippen MR) is 256 cm³/mol. The summed E-state index contributed by atoms with van der Waals surface area (Å²) in [6.07, 6.45) is 9.60. The van der Waals surface area contributed by atoms with E-state index in [1.54, 1.807) is 11.9 Å². The first kappa shape index (κ1) is 47.3. The van der Waals surface area contributed by atoms with Gasteiger partial charge in [0.15, 0.2) is 0 Å². The van der Waals surface area contributed by atoms with Crippen LogP contribution in [0.4, 0.5) is 23.5 Å². The van der Waals surface area contributed by atoms with Crippen LogP contribution in [0.15, 0.2) is 86.9 Å². The average molecular weight is 892 g/mol. The molecule has 3 aromatic heterocycles. The van der Waals surface area contributed by atoms with E-state index in [0.717, 1.165) is 70.5 Å². The number of imidazole rings is 1. The summed E-state index contributed by atoms with van der Waals surface area (Å²) in [7, 11) is 3.67. The maximum Gasteiger partial charge on any atom is 0.268 e. The Morgan fingerprint density at radius 1 is 1.05 bits per heavy atom. The second-order valence-electron chi connectivity index (χ2n) is 18.5. The molecule has 7 rings (SSSR count). The van der Waals surface area contributed by atoms with Gasteiger partial charge in [0.05, 0.1) is 29.5 Å². The molecule has 0 spiro atoms. The van der Waals surface area contributed by atoms with Crippen LogP contribution in [0.2, 0.25) is 0 Å². The smallest absolute Gasteiger partial charge is 0.268 e. The number of hydrogen-bond acceptors (Lipinski definition) is 7. The van der Waals surface area contributed by atoms with Gasteiger partial charge in [-0.05, 0) is 137 Å². The molecule has 13 heteroatoms. The number of piperidine rings is 1. The van der Waals surface area contributed by atoms with E-state index in [-0.39, 0.29) is 11.5 Å². The third-order valence-electron chi connectivity index (χ3n) is 13.5. The van der Waals surface area contributed by atoms with Crippen LogP contribution < -0.4 is 10.6 Å². The number of fused-ring (bicyclic) bond motifs is 7. The maximum atomic E-state index is 16.1. The summed E-state index contributed by atoms with van der Waals surface area (Å²) >= 11 is 0. The molecule has 0 amide bonds. The van der Waals surface area contributed by atoms with E-state index in [1.807, 2.05) is 56.0 Å². The van der Waals surface area contributed by atoms with Crippen molar-refractivity contribution in [3.05, 3.63) is 132 Å². The Morgan fingerprint density at radius 2 is 1.78 bits per heavy atom. The normalized spacial score (nSPS) is 17.1.